The van der Waals surface area contributed by atoms with Crippen LogP contribution in [0.2, 0.25) is 0 Å². The molecule has 0 bridgehead atoms. The van der Waals surface area contributed by atoms with Gasteiger partial charge in [-0.3, -0.25) is 4.21 Å². The van der Waals surface area contributed by atoms with E-state index in [2.05, 4.69) is 13.8 Å². The van der Waals surface area contributed by atoms with Gasteiger partial charge in [0.25, 0.3) is 0 Å². The van der Waals surface area contributed by atoms with Gasteiger partial charge in [-0.15, -0.1) is 0 Å². The van der Waals surface area contributed by atoms with E-state index < -0.39 is 11.3 Å². The molecule has 0 fully saturated rings. The zero-order valence-corrected chi connectivity index (χ0v) is 8.19. The van der Waals surface area contributed by atoms with Gasteiger partial charge in [0.2, 0.25) is 0 Å². The Balaban J connectivity index is 3.45. The summed E-state index contributed by atoms with van der Waals surface area (Å²) in [4.78, 5) is 0. The fraction of sp³-hybridized carbons (Fsp3) is 1.00. The normalized spacial score (nSPS) is 16.8. The van der Waals surface area contributed by atoms with Crippen molar-refractivity contribution in [1.29, 1.82) is 0 Å². The van der Waals surface area contributed by atoms with E-state index in [1.165, 1.54) is 4.31 Å². The maximum absolute atomic E-state index is 10.3. The lowest BCUT2D eigenvalue weighted by molar-refractivity contribution is 0.392. The molecule has 0 aliphatic carbocycles. The second kappa shape index (κ2) is 5.69. The highest BCUT2D eigenvalue weighted by atomic mass is 32.2. The van der Waals surface area contributed by atoms with E-state index in [0.29, 0.717) is 12.5 Å². The van der Waals surface area contributed by atoms with Crippen LogP contribution in [0.4, 0.5) is 0 Å². The molecule has 0 aromatic heterocycles. The van der Waals surface area contributed by atoms with Gasteiger partial charge in [0.15, 0.2) is 0 Å². The molecule has 2 unspecified atom stereocenters. The summed E-state index contributed by atoms with van der Waals surface area (Å²) in [5.74, 6) is 0.612. The Morgan fingerprint density at radius 1 is 1.64 bits per heavy atom. The van der Waals surface area contributed by atoms with Gasteiger partial charge in [-0.1, -0.05) is 20.3 Å². The van der Waals surface area contributed by atoms with E-state index in [4.69, 9.17) is 0 Å². The summed E-state index contributed by atoms with van der Waals surface area (Å²) in [6, 6.07) is 0. The minimum Gasteiger partial charge on any atom is -0.760 e. The van der Waals surface area contributed by atoms with E-state index in [9.17, 15) is 8.76 Å². The maximum atomic E-state index is 10.3. The molecular weight excluding hydrogens is 162 g/mol. The molecule has 0 rings (SSSR count). The highest BCUT2D eigenvalue weighted by Gasteiger charge is 2.01. The largest absolute Gasteiger partial charge is 0.760 e. The smallest absolute Gasteiger partial charge is 0.0206 e. The molecular formula is C7H16NO2S-. The number of hydrogen-bond acceptors (Lipinski definition) is 2. The molecule has 0 N–H and O–H groups in total. The van der Waals surface area contributed by atoms with E-state index in [-0.39, 0.29) is 0 Å². The minimum absolute atomic E-state index is 0.612. The van der Waals surface area contributed by atoms with Crippen LogP contribution in [0.5, 0.6) is 0 Å². The zero-order valence-electron chi connectivity index (χ0n) is 7.37. The molecule has 0 spiro atoms. The van der Waals surface area contributed by atoms with Gasteiger partial charge in [0.05, 0.1) is 0 Å². The molecule has 0 amide bonds. The summed E-state index contributed by atoms with van der Waals surface area (Å²) >= 11 is -2.05. The van der Waals surface area contributed by atoms with Gasteiger partial charge < -0.3 is 4.55 Å². The Morgan fingerprint density at radius 3 is 2.55 bits per heavy atom. The molecule has 0 heterocycles. The van der Waals surface area contributed by atoms with Crippen molar-refractivity contribution >= 4 is 11.3 Å². The van der Waals surface area contributed by atoms with E-state index >= 15 is 0 Å². The predicted molar refractivity (Wildman–Crippen MR) is 45.6 cm³/mol. The van der Waals surface area contributed by atoms with Crippen molar-refractivity contribution in [2.24, 2.45) is 5.92 Å². The van der Waals surface area contributed by atoms with Crippen LogP contribution in [0.25, 0.3) is 0 Å². The lowest BCUT2D eigenvalue weighted by atomic mass is 10.1. The van der Waals surface area contributed by atoms with Crippen LogP contribution in [-0.4, -0.2) is 26.7 Å². The molecule has 2 atom stereocenters. The Morgan fingerprint density at radius 2 is 2.18 bits per heavy atom. The predicted octanol–water partition coefficient (Wildman–Crippen LogP) is 1.15. The van der Waals surface area contributed by atoms with Crippen LogP contribution < -0.4 is 0 Å². The van der Waals surface area contributed by atoms with Crippen molar-refractivity contribution in [3.8, 4) is 0 Å². The second-order valence-electron chi connectivity index (χ2n) is 2.87. The summed E-state index contributed by atoms with van der Waals surface area (Å²) in [6.07, 6.45) is 2.06. The molecule has 4 heteroatoms. The summed E-state index contributed by atoms with van der Waals surface area (Å²) in [5.41, 5.74) is 0. The Bertz CT molecular complexity index is 130. The third kappa shape index (κ3) is 5.35. The summed E-state index contributed by atoms with van der Waals surface area (Å²) in [6.45, 7) is 4.87. The van der Waals surface area contributed by atoms with Gasteiger partial charge in [-0.25, -0.2) is 4.31 Å². The van der Waals surface area contributed by atoms with Gasteiger partial charge in [0.1, 0.15) is 0 Å². The molecule has 0 aromatic carbocycles. The number of nitrogens with zero attached hydrogens (tertiary/aromatic N) is 1. The van der Waals surface area contributed by atoms with Crippen LogP contribution in [0.15, 0.2) is 0 Å². The van der Waals surface area contributed by atoms with Crippen molar-refractivity contribution in [3.63, 3.8) is 0 Å². The first-order chi connectivity index (χ1) is 5.07. The fourth-order valence-electron chi connectivity index (χ4n) is 0.681. The van der Waals surface area contributed by atoms with E-state index in [1.807, 2.05) is 0 Å². The molecule has 0 aliphatic heterocycles. The highest BCUT2D eigenvalue weighted by Crippen LogP contribution is 2.06. The van der Waals surface area contributed by atoms with Crippen molar-refractivity contribution in [2.75, 3.05) is 13.6 Å². The first kappa shape index (κ1) is 11.1. The van der Waals surface area contributed by atoms with Crippen LogP contribution in [-0.2, 0) is 11.3 Å². The lowest BCUT2D eigenvalue weighted by Gasteiger charge is -2.20. The Labute approximate surface area is 71.2 Å². The van der Waals surface area contributed by atoms with Crippen LogP contribution in [0.1, 0.15) is 26.7 Å². The number of rotatable bonds is 5. The van der Waals surface area contributed by atoms with Crippen LogP contribution in [0, 0.1) is 5.92 Å². The molecule has 68 valence electrons. The summed E-state index contributed by atoms with van der Waals surface area (Å²) in [7, 11) is 1.59. The lowest BCUT2D eigenvalue weighted by Crippen LogP contribution is -2.23. The average molecular weight is 178 g/mol. The molecule has 11 heavy (non-hydrogen) atoms. The molecule has 0 saturated heterocycles. The Kier molecular flexibility index (Phi) is 5.72. The third-order valence-electron chi connectivity index (χ3n) is 1.89. The first-order valence-electron chi connectivity index (χ1n) is 3.88. The fourth-order valence-corrected chi connectivity index (χ4v) is 0.935. The Hall–Kier alpha value is 0.0700. The molecule has 0 aromatic rings. The SMILES string of the molecule is CCC(C)CCN(C)S(=O)[O-]. The van der Waals surface area contributed by atoms with Gasteiger partial charge in [-0.2, -0.15) is 0 Å². The van der Waals surface area contributed by atoms with Gasteiger partial charge in [-0.05, 0) is 19.4 Å². The number of hydrogen-bond donors (Lipinski definition) is 0. The van der Waals surface area contributed by atoms with E-state index in [0.717, 1.165) is 12.8 Å². The van der Waals surface area contributed by atoms with Crippen molar-refractivity contribution < 1.29 is 8.76 Å². The van der Waals surface area contributed by atoms with Gasteiger partial charge in [0, 0.05) is 17.8 Å². The van der Waals surface area contributed by atoms with Gasteiger partial charge >= 0.3 is 0 Å². The quantitative estimate of drug-likeness (QED) is 0.593. The molecule has 3 nitrogen and oxygen atoms in total. The minimum atomic E-state index is -2.05. The molecule has 0 radical (unpaired) electrons. The maximum Gasteiger partial charge on any atom is 0.0206 e. The van der Waals surface area contributed by atoms with E-state index in [1.54, 1.807) is 7.05 Å². The monoisotopic (exact) mass is 178 g/mol. The van der Waals surface area contributed by atoms with Crippen LogP contribution >= 0.6 is 0 Å². The summed E-state index contributed by atoms with van der Waals surface area (Å²) in [5, 5.41) is 0. The molecule has 0 aliphatic rings. The standard InChI is InChI=1S/C7H17NO2S/c1-4-7(2)5-6-8(3)11(9)10/h7H,4-6H2,1-3H3,(H,9,10)/p-1. The summed E-state index contributed by atoms with van der Waals surface area (Å²) < 4.78 is 22.0. The third-order valence-corrected chi connectivity index (χ3v) is 2.58. The topological polar surface area (TPSA) is 43.4 Å². The zero-order chi connectivity index (χ0) is 8.85. The second-order valence-corrected chi connectivity index (χ2v) is 3.93. The first-order valence-corrected chi connectivity index (χ1v) is 4.91. The van der Waals surface area contributed by atoms with Crippen LogP contribution in [0.3, 0.4) is 0 Å². The highest BCUT2D eigenvalue weighted by molar-refractivity contribution is 7.76. The van der Waals surface area contributed by atoms with Crippen molar-refractivity contribution in [1.82, 2.24) is 4.31 Å². The molecule has 0 saturated carbocycles. The van der Waals surface area contributed by atoms with Crippen molar-refractivity contribution in [3.05, 3.63) is 0 Å². The average Bonchev–Trinajstić information content (AvgIpc) is 1.99. The van der Waals surface area contributed by atoms with Crippen molar-refractivity contribution in [2.45, 2.75) is 26.7 Å².